The number of carbonyl (C=O) groups excluding carboxylic acids is 2. The summed E-state index contributed by atoms with van der Waals surface area (Å²) in [6.07, 6.45) is 3.90. The van der Waals surface area contributed by atoms with Crippen LogP contribution in [-0.4, -0.2) is 29.9 Å². The lowest BCUT2D eigenvalue weighted by Gasteiger charge is -2.25. The second kappa shape index (κ2) is 9.19. The first kappa shape index (κ1) is 21.0. The first-order chi connectivity index (χ1) is 13.9. The second-order valence-electron chi connectivity index (χ2n) is 7.03. The van der Waals surface area contributed by atoms with Crippen molar-refractivity contribution in [2.24, 2.45) is 11.7 Å². The average Bonchev–Trinajstić information content (AvgIpc) is 3.54. The van der Waals surface area contributed by atoms with Crippen LogP contribution in [0.4, 0.5) is 4.39 Å². The topological polar surface area (TPSA) is 106 Å². The molecule has 154 valence electrons. The van der Waals surface area contributed by atoms with E-state index in [1.165, 1.54) is 18.3 Å². The Labute approximate surface area is 172 Å². The van der Waals surface area contributed by atoms with E-state index in [0.717, 1.165) is 12.8 Å². The number of aromatic nitrogens is 1. The van der Waals surface area contributed by atoms with Crippen LogP contribution in [0.3, 0.4) is 0 Å². The Kier molecular flexibility index (Phi) is 6.66. The number of pyridine rings is 1. The van der Waals surface area contributed by atoms with E-state index in [2.05, 4.69) is 15.6 Å². The van der Waals surface area contributed by atoms with E-state index in [4.69, 9.17) is 22.1 Å². The van der Waals surface area contributed by atoms with Crippen LogP contribution in [0.15, 0.2) is 30.5 Å². The summed E-state index contributed by atoms with van der Waals surface area (Å²) in [5.41, 5.74) is 5.70. The molecule has 2 amide bonds. The van der Waals surface area contributed by atoms with Gasteiger partial charge in [-0.3, -0.25) is 9.59 Å². The van der Waals surface area contributed by atoms with Crippen LogP contribution in [0.1, 0.15) is 41.9 Å². The molecular formula is C20H22ClFN4O3. The van der Waals surface area contributed by atoms with E-state index in [-0.39, 0.29) is 34.3 Å². The van der Waals surface area contributed by atoms with Gasteiger partial charge in [0.2, 0.25) is 6.41 Å². The molecule has 1 fully saturated rings. The van der Waals surface area contributed by atoms with Gasteiger partial charge in [0.15, 0.2) is 11.6 Å². The highest BCUT2D eigenvalue weighted by Crippen LogP contribution is 2.44. The minimum absolute atomic E-state index is 0.0456. The number of primary amides is 1. The van der Waals surface area contributed by atoms with E-state index in [0.29, 0.717) is 24.4 Å². The molecule has 0 radical (unpaired) electrons. The molecule has 0 aliphatic heterocycles. The molecule has 0 spiro atoms. The monoisotopic (exact) mass is 420 g/mol. The first-order valence-corrected chi connectivity index (χ1v) is 9.63. The van der Waals surface area contributed by atoms with Gasteiger partial charge < -0.3 is 21.1 Å². The lowest BCUT2D eigenvalue weighted by Crippen LogP contribution is -2.39. The van der Waals surface area contributed by atoms with Gasteiger partial charge in [-0.05, 0) is 43.9 Å². The van der Waals surface area contributed by atoms with Crippen LogP contribution in [0.2, 0.25) is 5.02 Å². The Hall–Kier alpha value is -2.71. The summed E-state index contributed by atoms with van der Waals surface area (Å²) in [5.74, 6) is -0.805. The predicted molar refractivity (Wildman–Crippen MR) is 106 cm³/mol. The largest absolute Gasteiger partial charge is 0.451 e. The normalized spacial score (nSPS) is 15.4. The minimum Gasteiger partial charge on any atom is -0.451 e. The number of nitrogens with zero attached hydrogens (tertiary/aromatic N) is 1. The zero-order chi connectivity index (χ0) is 21.0. The molecule has 1 saturated carbocycles. The molecule has 9 heteroatoms. The fourth-order valence-electron chi connectivity index (χ4n) is 3.09. The summed E-state index contributed by atoms with van der Waals surface area (Å²) >= 11 is 6.18. The number of hydrogen-bond acceptors (Lipinski definition) is 5. The summed E-state index contributed by atoms with van der Waals surface area (Å²) < 4.78 is 21.0. The third kappa shape index (κ3) is 5.21. The highest BCUT2D eigenvalue weighted by Gasteiger charge is 2.35. The smallest absolute Gasteiger partial charge is 0.267 e. The van der Waals surface area contributed by atoms with Crippen molar-refractivity contribution in [3.8, 4) is 11.5 Å². The maximum absolute atomic E-state index is 15.4. The van der Waals surface area contributed by atoms with E-state index >= 15 is 4.39 Å². The quantitative estimate of drug-likeness (QED) is 0.512. The molecule has 1 heterocycles. The maximum atomic E-state index is 15.4. The number of ether oxygens (including phenoxy) is 1. The standard InChI is InChI=1S/C20H22ClFN4O3/c1-11(8-24-10-27)26-18(12-2-3-12)14-5-6-15(21)19(17(14)22)29-13-4-7-16(20(23)28)25-9-13/h4-7,9-12,18,26H,2-3,8H2,1H3,(H2,23,28)(H,24,27)/t11-,18+/m0/s1. The van der Waals surface area contributed by atoms with Gasteiger partial charge in [0.05, 0.1) is 11.2 Å². The summed E-state index contributed by atoms with van der Waals surface area (Å²) in [6, 6.07) is 5.83. The van der Waals surface area contributed by atoms with E-state index in [1.807, 2.05) is 6.92 Å². The van der Waals surface area contributed by atoms with Crippen molar-refractivity contribution in [3.63, 3.8) is 0 Å². The Morgan fingerprint density at radius 3 is 2.76 bits per heavy atom. The fraction of sp³-hybridized carbons (Fsp3) is 0.350. The molecule has 0 saturated heterocycles. The molecule has 0 bridgehead atoms. The number of carbonyl (C=O) groups is 2. The lowest BCUT2D eigenvalue weighted by atomic mass is 10.00. The van der Waals surface area contributed by atoms with Gasteiger partial charge in [-0.15, -0.1) is 0 Å². The number of nitrogens with two attached hydrogens (primary N) is 1. The molecule has 2 aromatic rings. The summed E-state index contributed by atoms with van der Waals surface area (Å²) in [5, 5.41) is 6.12. The van der Waals surface area contributed by atoms with Gasteiger partial charge in [-0.1, -0.05) is 17.7 Å². The number of benzene rings is 1. The highest BCUT2D eigenvalue weighted by atomic mass is 35.5. The summed E-state index contributed by atoms with van der Waals surface area (Å²) in [6.45, 7) is 2.35. The molecular weight excluding hydrogens is 399 g/mol. The second-order valence-corrected chi connectivity index (χ2v) is 7.44. The molecule has 4 N–H and O–H groups in total. The fourth-order valence-corrected chi connectivity index (χ4v) is 3.27. The summed E-state index contributed by atoms with van der Waals surface area (Å²) in [7, 11) is 0. The minimum atomic E-state index is -0.667. The molecule has 1 aliphatic rings. The number of hydrogen-bond donors (Lipinski definition) is 3. The number of amides is 2. The molecule has 1 aliphatic carbocycles. The van der Waals surface area contributed by atoms with Crippen molar-refractivity contribution in [3.05, 3.63) is 52.6 Å². The van der Waals surface area contributed by atoms with Gasteiger partial charge in [0, 0.05) is 24.2 Å². The van der Waals surface area contributed by atoms with Crippen molar-refractivity contribution in [1.82, 2.24) is 15.6 Å². The van der Waals surface area contributed by atoms with Gasteiger partial charge >= 0.3 is 0 Å². The van der Waals surface area contributed by atoms with E-state index < -0.39 is 11.7 Å². The molecule has 7 nitrogen and oxygen atoms in total. The van der Waals surface area contributed by atoms with Crippen LogP contribution in [-0.2, 0) is 4.79 Å². The van der Waals surface area contributed by atoms with E-state index in [9.17, 15) is 9.59 Å². The Bertz CT molecular complexity index is 890. The van der Waals surface area contributed by atoms with Crippen LogP contribution >= 0.6 is 11.6 Å². The van der Waals surface area contributed by atoms with E-state index in [1.54, 1.807) is 12.1 Å². The Morgan fingerprint density at radius 1 is 1.41 bits per heavy atom. The van der Waals surface area contributed by atoms with Gasteiger partial charge in [0.1, 0.15) is 11.4 Å². The molecule has 1 aromatic carbocycles. The molecule has 2 atom stereocenters. The van der Waals surface area contributed by atoms with Crippen LogP contribution < -0.4 is 21.1 Å². The number of rotatable bonds is 10. The number of halogens is 2. The third-order valence-electron chi connectivity index (χ3n) is 4.69. The van der Waals surface area contributed by atoms with Gasteiger partial charge in [-0.25, -0.2) is 9.37 Å². The van der Waals surface area contributed by atoms with Crippen LogP contribution in [0, 0.1) is 11.7 Å². The van der Waals surface area contributed by atoms with Crippen molar-refractivity contribution in [1.29, 1.82) is 0 Å². The molecule has 29 heavy (non-hydrogen) atoms. The SMILES string of the molecule is C[C@@H](CNC=O)N[C@@H](c1ccc(Cl)c(Oc2ccc(C(N)=O)nc2)c1F)C1CC1. The molecule has 3 rings (SSSR count). The zero-order valence-electron chi connectivity index (χ0n) is 15.8. The Morgan fingerprint density at radius 2 is 2.17 bits per heavy atom. The van der Waals surface area contributed by atoms with Crippen molar-refractivity contribution in [2.75, 3.05) is 6.54 Å². The van der Waals surface area contributed by atoms with Crippen molar-refractivity contribution >= 4 is 23.9 Å². The first-order valence-electron chi connectivity index (χ1n) is 9.25. The average molecular weight is 421 g/mol. The summed E-state index contributed by atoms with van der Waals surface area (Å²) in [4.78, 5) is 25.5. The maximum Gasteiger partial charge on any atom is 0.267 e. The Balaban J connectivity index is 1.85. The lowest BCUT2D eigenvalue weighted by molar-refractivity contribution is -0.109. The van der Waals surface area contributed by atoms with Crippen LogP contribution in [0.5, 0.6) is 11.5 Å². The van der Waals surface area contributed by atoms with Gasteiger partial charge in [0.25, 0.3) is 5.91 Å². The predicted octanol–water partition coefficient (Wildman–Crippen LogP) is 2.94. The third-order valence-corrected chi connectivity index (χ3v) is 4.99. The molecule has 1 aromatic heterocycles. The molecule has 0 unspecified atom stereocenters. The zero-order valence-corrected chi connectivity index (χ0v) is 16.6. The highest BCUT2D eigenvalue weighted by molar-refractivity contribution is 6.32. The van der Waals surface area contributed by atoms with Crippen molar-refractivity contribution < 1.29 is 18.7 Å². The van der Waals surface area contributed by atoms with Gasteiger partial charge in [-0.2, -0.15) is 0 Å². The van der Waals surface area contributed by atoms with Crippen molar-refractivity contribution in [2.45, 2.75) is 31.8 Å². The van der Waals surface area contributed by atoms with Crippen LogP contribution in [0.25, 0.3) is 0 Å². The number of nitrogens with one attached hydrogen (secondary N) is 2.